The van der Waals surface area contributed by atoms with E-state index >= 15 is 0 Å². The number of piperidine rings is 1. The van der Waals surface area contributed by atoms with E-state index < -0.39 is 5.60 Å². The minimum absolute atomic E-state index is 0.0620. The molecule has 4 rings (SSSR count). The highest BCUT2D eigenvalue weighted by Crippen LogP contribution is 2.40. The second-order valence-electron chi connectivity index (χ2n) is 8.41. The summed E-state index contributed by atoms with van der Waals surface area (Å²) in [6, 6.07) is 9.79. The van der Waals surface area contributed by atoms with E-state index in [0.717, 1.165) is 22.3 Å². The lowest BCUT2D eigenvalue weighted by molar-refractivity contribution is -0.00575. The third-order valence-electron chi connectivity index (χ3n) is 6.42. The molecular weight excluding hydrogens is 350 g/mol. The maximum absolute atomic E-state index is 12.9. The van der Waals surface area contributed by atoms with Crippen molar-refractivity contribution in [2.45, 2.75) is 52.6 Å². The number of fused-ring (bicyclic) bond motifs is 1. The summed E-state index contributed by atoms with van der Waals surface area (Å²) < 4.78 is 6.38. The van der Waals surface area contributed by atoms with Gasteiger partial charge in [0.25, 0.3) is 5.91 Å². The van der Waals surface area contributed by atoms with Gasteiger partial charge in [0.1, 0.15) is 11.4 Å². The van der Waals surface area contributed by atoms with Gasteiger partial charge < -0.3 is 9.64 Å². The van der Waals surface area contributed by atoms with E-state index in [2.05, 4.69) is 0 Å². The molecule has 1 saturated heterocycles. The van der Waals surface area contributed by atoms with Crippen LogP contribution in [0.4, 0.5) is 0 Å². The zero-order valence-corrected chi connectivity index (χ0v) is 17.1. The molecule has 0 N–H and O–H groups in total. The first kappa shape index (κ1) is 18.7. The number of amides is 1. The predicted molar refractivity (Wildman–Crippen MR) is 109 cm³/mol. The molecule has 4 nitrogen and oxygen atoms in total. The first-order valence-corrected chi connectivity index (χ1v) is 9.98. The highest BCUT2D eigenvalue weighted by molar-refractivity contribution is 6.00. The molecule has 0 bridgehead atoms. The number of benzene rings is 2. The molecule has 2 aromatic rings. The molecule has 2 heterocycles. The maximum atomic E-state index is 12.9. The molecule has 2 aliphatic heterocycles. The molecule has 28 heavy (non-hydrogen) atoms. The van der Waals surface area contributed by atoms with Gasteiger partial charge in [0.15, 0.2) is 5.78 Å². The molecule has 0 radical (unpaired) electrons. The lowest BCUT2D eigenvalue weighted by Crippen LogP contribution is -2.52. The third-order valence-corrected chi connectivity index (χ3v) is 6.42. The van der Waals surface area contributed by atoms with Crippen LogP contribution in [0, 0.1) is 27.7 Å². The average Bonchev–Trinajstić information content (AvgIpc) is 2.66. The summed E-state index contributed by atoms with van der Waals surface area (Å²) in [5.41, 5.74) is 5.51. The first-order chi connectivity index (χ1) is 13.3. The molecule has 1 spiro atoms. The average molecular weight is 377 g/mol. The van der Waals surface area contributed by atoms with Gasteiger partial charge >= 0.3 is 0 Å². The molecule has 2 aliphatic rings. The quantitative estimate of drug-likeness (QED) is 0.732. The summed E-state index contributed by atoms with van der Waals surface area (Å²) in [7, 11) is 0. The Morgan fingerprint density at radius 2 is 1.57 bits per heavy atom. The summed E-state index contributed by atoms with van der Waals surface area (Å²) in [4.78, 5) is 27.6. The number of hydrogen-bond acceptors (Lipinski definition) is 3. The minimum atomic E-state index is -0.480. The molecule has 0 aromatic heterocycles. The third kappa shape index (κ3) is 3.21. The fourth-order valence-electron chi connectivity index (χ4n) is 4.20. The van der Waals surface area contributed by atoms with Crippen molar-refractivity contribution in [1.82, 2.24) is 4.90 Å². The Morgan fingerprint density at radius 1 is 0.929 bits per heavy atom. The number of carbonyl (C=O) groups is 2. The van der Waals surface area contributed by atoms with Crippen molar-refractivity contribution in [3.05, 3.63) is 63.7 Å². The minimum Gasteiger partial charge on any atom is -0.486 e. The standard InChI is InChI=1S/C24H27NO3/c1-15-5-6-19(11-16(15)2)23(27)25-9-7-24(8-10-25)14-21(26)20-12-17(3)18(4)13-22(20)28-24/h5-6,11-13H,7-10,14H2,1-4H3. The topological polar surface area (TPSA) is 46.6 Å². The van der Waals surface area contributed by atoms with Crippen LogP contribution in [0.3, 0.4) is 0 Å². The number of aryl methyl sites for hydroxylation is 4. The number of carbonyl (C=O) groups excluding carboxylic acids is 2. The Bertz CT molecular complexity index is 968. The Kier molecular flexibility index (Phi) is 4.53. The van der Waals surface area contributed by atoms with Gasteiger partial charge in [0.2, 0.25) is 0 Å². The maximum Gasteiger partial charge on any atom is 0.253 e. The van der Waals surface area contributed by atoms with Gasteiger partial charge in [-0.25, -0.2) is 0 Å². The largest absolute Gasteiger partial charge is 0.486 e. The van der Waals surface area contributed by atoms with Crippen LogP contribution in [-0.4, -0.2) is 35.3 Å². The van der Waals surface area contributed by atoms with Crippen molar-refractivity contribution in [2.24, 2.45) is 0 Å². The van der Waals surface area contributed by atoms with Gasteiger partial charge in [-0.15, -0.1) is 0 Å². The van der Waals surface area contributed by atoms with Crippen molar-refractivity contribution in [2.75, 3.05) is 13.1 Å². The molecule has 1 amide bonds. The van der Waals surface area contributed by atoms with E-state index in [4.69, 9.17) is 4.74 Å². The summed E-state index contributed by atoms with van der Waals surface area (Å²) >= 11 is 0. The number of ether oxygens (including phenoxy) is 1. The Labute approximate surface area is 166 Å². The van der Waals surface area contributed by atoms with Crippen LogP contribution < -0.4 is 4.74 Å². The fraction of sp³-hybridized carbons (Fsp3) is 0.417. The van der Waals surface area contributed by atoms with Crippen LogP contribution in [-0.2, 0) is 0 Å². The highest BCUT2D eigenvalue weighted by atomic mass is 16.5. The van der Waals surface area contributed by atoms with E-state index in [-0.39, 0.29) is 11.7 Å². The molecule has 0 aliphatic carbocycles. The number of hydrogen-bond donors (Lipinski definition) is 0. The Balaban J connectivity index is 1.50. The van der Waals surface area contributed by atoms with E-state index in [0.29, 0.717) is 43.7 Å². The predicted octanol–water partition coefficient (Wildman–Crippen LogP) is 4.56. The van der Waals surface area contributed by atoms with Crippen molar-refractivity contribution in [1.29, 1.82) is 0 Å². The number of ketones is 1. The molecule has 4 heteroatoms. The zero-order chi connectivity index (χ0) is 20.1. The SMILES string of the molecule is Cc1ccc(C(=O)N2CCC3(CC2)CC(=O)c2cc(C)c(C)cc2O3)cc1C. The molecule has 0 atom stereocenters. The summed E-state index contributed by atoms with van der Waals surface area (Å²) in [5, 5.41) is 0. The molecular formula is C24H27NO3. The second-order valence-corrected chi connectivity index (χ2v) is 8.41. The molecule has 146 valence electrons. The van der Waals surface area contributed by atoms with Crippen LogP contribution in [0.25, 0.3) is 0 Å². The van der Waals surface area contributed by atoms with Gasteiger partial charge in [0.05, 0.1) is 12.0 Å². The van der Waals surface area contributed by atoms with Gasteiger partial charge in [-0.3, -0.25) is 9.59 Å². The van der Waals surface area contributed by atoms with Gasteiger partial charge in [-0.2, -0.15) is 0 Å². The Morgan fingerprint density at radius 3 is 2.25 bits per heavy atom. The molecule has 0 unspecified atom stereocenters. The van der Waals surface area contributed by atoms with Crippen molar-refractivity contribution in [3.8, 4) is 5.75 Å². The lowest BCUT2D eigenvalue weighted by atomic mass is 9.81. The van der Waals surface area contributed by atoms with Crippen LogP contribution in [0.1, 0.15) is 62.2 Å². The van der Waals surface area contributed by atoms with Crippen LogP contribution in [0.15, 0.2) is 30.3 Å². The van der Waals surface area contributed by atoms with Crippen molar-refractivity contribution >= 4 is 11.7 Å². The van der Waals surface area contributed by atoms with E-state index in [9.17, 15) is 9.59 Å². The molecule has 2 aromatic carbocycles. The number of likely N-dealkylation sites (tertiary alicyclic amines) is 1. The fourth-order valence-corrected chi connectivity index (χ4v) is 4.20. The first-order valence-electron chi connectivity index (χ1n) is 9.98. The lowest BCUT2D eigenvalue weighted by Gasteiger charge is -2.44. The summed E-state index contributed by atoms with van der Waals surface area (Å²) in [5.74, 6) is 0.915. The van der Waals surface area contributed by atoms with Gasteiger partial charge in [-0.1, -0.05) is 6.07 Å². The van der Waals surface area contributed by atoms with Gasteiger partial charge in [-0.05, 0) is 74.2 Å². The van der Waals surface area contributed by atoms with E-state index in [1.54, 1.807) is 0 Å². The smallest absolute Gasteiger partial charge is 0.253 e. The molecule has 1 fully saturated rings. The van der Waals surface area contributed by atoms with Crippen LogP contribution in [0.2, 0.25) is 0 Å². The van der Waals surface area contributed by atoms with E-state index in [1.165, 1.54) is 5.56 Å². The van der Waals surface area contributed by atoms with Crippen molar-refractivity contribution in [3.63, 3.8) is 0 Å². The van der Waals surface area contributed by atoms with Crippen LogP contribution in [0.5, 0.6) is 5.75 Å². The summed E-state index contributed by atoms with van der Waals surface area (Å²) in [6.07, 6.45) is 1.76. The number of rotatable bonds is 1. The molecule has 0 saturated carbocycles. The van der Waals surface area contributed by atoms with Crippen molar-refractivity contribution < 1.29 is 14.3 Å². The van der Waals surface area contributed by atoms with E-state index in [1.807, 2.05) is 62.9 Å². The normalized spacial score (nSPS) is 18.0. The second kappa shape index (κ2) is 6.77. The van der Waals surface area contributed by atoms with Crippen LogP contribution >= 0.6 is 0 Å². The monoisotopic (exact) mass is 377 g/mol. The summed E-state index contributed by atoms with van der Waals surface area (Å²) in [6.45, 7) is 9.35. The Hall–Kier alpha value is -2.62. The van der Waals surface area contributed by atoms with Gasteiger partial charge in [0, 0.05) is 31.5 Å². The number of Topliss-reactive ketones (excluding diaryl/α,β-unsaturated/α-hetero) is 1. The number of nitrogens with zero attached hydrogens (tertiary/aromatic N) is 1. The highest BCUT2D eigenvalue weighted by Gasteiger charge is 2.43. The zero-order valence-electron chi connectivity index (χ0n) is 17.1.